The molecule has 0 aliphatic carbocycles. The highest BCUT2D eigenvalue weighted by Crippen LogP contribution is 2.17. The molecule has 0 radical (unpaired) electrons. The molecule has 0 saturated carbocycles. The Hall–Kier alpha value is -1.55. The van der Waals surface area contributed by atoms with E-state index in [0.29, 0.717) is 0 Å². The van der Waals surface area contributed by atoms with Gasteiger partial charge < -0.3 is 15.4 Å². The van der Waals surface area contributed by atoms with Gasteiger partial charge in [-0.25, -0.2) is 0 Å². The molecule has 1 rings (SSSR count). The SMILES string of the molecule is CCCNCc1ccccc1OCC(=O)NC(C)C. The van der Waals surface area contributed by atoms with Gasteiger partial charge in [0.1, 0.15) is 5.75 Å². The summed E-state index contributed by atoms with van der Waals surface area (Å²) < 4.78 is 5.58. The van der Waals surface area contributed by atoms with Crippen molar-refractivity contribution in [2.45, 2.75) is 39.8 Å². The van der Waals surface area contributed by atoms with Crippen LogP contribution in [0, 0.1) is 0 Å². The van der Waals surface area contributed by atoms with Gasteiger partial charge in [0.25, 0.3) is 5.91 Å². The number of ether oxygens (including phenoxy) is 1. The van der Waals surface area contributed by atoms with Gasteiger partial charge in [0.2, 0.25) is 0 Å². The number of para-hydroxylation sites is 1. The van der Waals surface area contributed by atoms with E-state index in [1.165, 1.54) is 0 Å². The lowest BCUT2D eigenvalue weighted by atomic mass is 10.2. The summed E-state index contributed by atoms with van der Waals surface area (Å²) in [5.74, 6) is 0.677. The van der Waals surface area contributed by atoms with Gasteiger partial charge in [-0.1, -0.05) is 25.1 Å². The summed E-state index contributed by atoms with van der Waals surface area (Å²) in [6.07, 6.45) is 1.10. The minimum absolute atomic E-state index is 0.0585. The molecule has 0 aliphatic rings. The van der Waals surface area contributed by atoms with Crippen molar-refractivity contribution in [3.8, 4) is 5.75 Å². The molecular weight excluding hydrogens is 240 g/mol. The first kappa shape index (κ1) is 15.5. The molecule has 0 saturated heterocycles. The van der Waals surface area contributed by atoms with Crippen molar-refractivity contribution in [1.29, 1.82) is 0 Å². The van der Waals surface area contributed by atoms with E-state index >= 15 is 0 Å². The molecule has 0 aliphatic heterocycles. The zero-order valence-corrected chi connectivity index (χ0v) is 12.0. The Morgan fingerprint density at radius 1 is 1.32 bits per heavy atom. The Balaban J connectivity index is 2.50. The summed E-state index contributed by atoms with van der Waals surface area (Å²) in [5.41, 5.74) is 1.08. The van der Waals surface area contributed by atoms with Crippen LogP contribution >= 0.6 is 0 Å². The summed E-state index contributed by atoms with van der Waals surface area (Å²) in [6, 6.07) is 7.94. The number of amides is 1. The summed E-state index contributed by atoms with van der Waals surface area (Å²) in [5, 5.41) is 6.14. The molecule has 0 bridgehead atoms. The fourth-order valence-electron chi connectivity index (χ4n) is 1.70. The molecule has 0 atom stereocenters. The van der Waals surface area contributed by atoms with Gasteiger partial charge >= 0.3 is 0 Å². The molecule has 2 N–H and O–H groups in total. The maximum absolute atomic E-state index is 11.5. The Kier molecular flexibility index (Phi) is 6.97. The lowest BCUT2D eigenvalue weighted by Crippen LogP contribution is -2.34. The third kappa shape index (κ3) is 6.25. The van der Waals surface area contributed by atoms with Crippen molar-refractivity contribution in [1.82, 2.24) is 10.6 Å². The van der Waals surface area contributed by atoms with Crippen LogP contribution in [0.15, 0.2) is 24.3 Å². The molecule has 4 heteroatoms. The highest BCUT2D eigenvalue weighted by molar-refractivity contribution is 5.77. The van der Waals surface area contributed by atoms with Crippen LogP contribution in [0.3, 0.4) is 0 Å². The summed E-state index contributed by atoms with van der Waals surface area (Å²) in [4.78, 5) is 11.5. The number of nitrogens with one attached hydrogen (secondary N) is 2. The third-order valence-corrected chi connectivity index (χ3v) is 2.52. The second-order valence-corrected chi connectivity index (χ2v) is 4.80. The van der Waals surface area contributed by atoms with E-state index in [0.717, 1.165) is 30.8 Å². The second-order valence-electron chi connectivity index (χ2n) is 4.80. The Morgan fingerprint density at radius 2 is 2.05 bits per heavy atom. The highest BCUT2D eigenvalue weighted by atomic mass is 16.5. The van der Waals surface area contributed by atoms with Crippen LogP contribution in [0.25, 0.3) is 0 Å². The van der Waals surface area contributed by atoms with Crippen molar-refractivity contribution in [3.05, 3.63) is 29.8 Å². The molecular formula is C15H24N2O2. The number of benzene rings is 1. The minimum Gasteiger partial charge on any atom is -0.483 e. The smallest absolute Gasteiger partial charge is 0.258 e. The van der Waals surface area contributed by atoms with E-state index in [1.807, 2.05) is 38.1 Å². The second kappa shape index (κ2) is 8.53. The number of rotatable bonds is 8. The quantitative estimate of drug-likeness (QED) is 0.707. The van der Waals surface area contributed by atoms with Crippen LogP contribution in [-0.2, 0) is 11.3 Å². The Bertz CT molecular complexity index is 391. The lowest BCUT2D eigenvalue weighted by Gasteiger charge is -2.13. The van der Waals surface area contributed by atoms with E-state index in [-0.39, 0.29) is 18.6 Å². The van der Waals surface area contributed by atoms with E-state index in [9.17, 15) is 4.79 Å². The van der Waals surface area contributed by atoms with Crippen LogP contribution in [0.4, 0.5) is 0 Å². The Labute approximate surface area is 115 Å². The van der Waals surface area contributed by atoms with Crippen molar-refractivity contribution >= 4 is 5.91 Å². The zero-order valence-electron chi connectivity index (χ0n) is 12.0. The van der Waals surface area contributed by atoms with Gasteiger partial charge in [-0.2, -0.15) is 0 Å². The first-order chi connectivity index (χ1) is 9.13. The molecule has 0 spiro atoms. The molecule has 1 aromatic carbocycles. The lowest BCUT2D eigenvalue weighted by molar-refractivity contribution is -0.123. The van der Waals surface area contributed by atoms with Crippen LogP contribution in [-0.4, -0.2) is 25.1 Å². The molecule has 0 fully saturated rings. The first-order valence-corrected chi connectivity index (χ1v) is 6.84. The van der Waals surface area contributed by atoms with Gasteiger partial charge in [0, 0.05) is 18.2 Å². The van der Waals surface area contributed by atoms with Crippen molar-refractivity contribution < 1.29 is 9.53 Å². The molecule has 0 aromatic heterocycles. The topological polar surface area (TPSA) is 50.4 Å². The molecule has 1 amide bonds. The minimum atomic E-state index is -0.0914. The van der Waals surface area contributed by atoms with Gasteiger partial charge in [-0.3, -0.25) is 4.79 Å². The van der Waals surface area contributed by atoms with Crippen LogP contribution < -0.4 is 15.4 Å². The normalized spacial score (nSPS) is 10.5. The van der Waals surface area contributed by atoms with Crippen LogP contribution in [0.5, 0.6) is 5.75 Å². The largest absolute Gasteiger partial charge is 0.483 e. The standard InChI is InChI=1S/C15H24N2O2/c1-4-9-16-10-13-7-5-6-8-14(13)19-11-15(18)17-12(2)3/h5-8,12,16H,4,9-11H2,1-3H3,(H,17,18). The van der Waals surface area contributed by atoms with Crippen molar-refractivity contribution in [3.63, 3.8) is 0 Å². The predicted molar refractivity (Wildman–Crippen MR) is 77.2 cm³/mol. The number of carbonyl (C=O) groups is 1. The van der Waals surface area contributed by atoms with Gasteiger partial charge in [0.15, 0.2) is 6.61 Å². The van der Waals surface area contributed by atoms with Gasteiger partial charge in [-0.15, -0.1) is 0 Å². The zero-order chi connectivity index (χ0) is 14.1. The number of hydrogen-bond acceptors (Lipinski definition) is 3. The average molecular weight is 264 g/mol. The van der Waals surface area contributed by atoms with E-state index in [2.05, 4.69) is 17.6 Å². The summed E-state index contributed by atoms with van der Waals surface area (Å²) in [7, 11) is 0. The maximum atomic E-state index is 11.5. The molecule has 19 heavy (non-hydrogen) atoms. The van der Waals surface area contributed by atoms with Crippen LogP contribution in [0.2, 0.25) is 0 Å². The highest BCUT2D eigenvalue weighted by Gasteiger charge is 2.07. The fourth-order valence-corrected chi connectivity index (χ4v) is 1.70. The fraction of sp³-hybridized carbons (Fsp3) is 0.533. The van der Waals surface area contributed by atoms with E-state index in [4.69, 9.17) is 4.74 Å². The molecule has 0 heterocycles. The molecule has 0 unspecified atom stereocenters. The molecule has 1 aromatic rings. The first-order valence-electron chi connectivity index (χ1n) is 6.84. The maximum Gasteiger partial charge on any atom is 0.258 e. The number of hydrogen-bond donors (Lipinski definition) is 2. The van der Waals surface area contributed by atoms with Crippen LogP contribution in [0.1, 0.15) is 32.8 Å². The molecule has 4 nitrogen and oxygen atoms in total. The van der Waals surface area contributed by atoms with Gasteiger partial charge in [-0.05, 0) is 32.9 Å². The predicted octanol–water partition coefficient (Wildman–Crippen LogP) is 2.09. The third-order valence-electron chi connectivity index (χ3n) is 2.52. The van der Waals surface area contributed by atoms with E-state index < -0.39 is 0 Å². The molecule has 106 valence electrons. The average Bonchev–Trinajstić information content (AvgIpc) is 2.37. The van der Waals surface area contributed by atoms with Crippen molar-refractivity contribution in [2.75, 3.05) is 13.2 Å². The summed E-state index contributed by atoms with van der Waals surface area (Å²) in [6.45, 7) is 7.79. The Morgan fingerprint density at radius 3 is 2.74 bits per heavy atom. The monoisotopic (exact) mass is 264 g/mol. The van der Waals surface area contributed by atoms with E-state index in [1.54, 1.807) is 0 Å². The van der Waals surface area contributed by atoms with Crippen molar-refractivity contribution in [2.24, 2.45) is 0 Å². The van der Waals surface area contributed by atoms with Gasteiger partial charge in [0.05, 0.1) is 0 Å². The summed E-state index contributed by atoms with van der Waals surface area (Å²) >= 11 is 0. The number of carbonyl (C=O) groups excluding carboxylic acids is 1.